The van der Waals surface area contributed by atoms with Crippen molar-refractivity contribution in [3.8, 4) is 0 Å². The number of likely N-dealkylation sites (N-methyl/N-ethyl adjacent to an activating group) is 2. The first-order valence-corrected chi connectivity index (χ1v) is 8.29. The zero-order valence-electron chi connectivity index (χ0n) is 14.9. The molecule has 0 radical (unpaired) electrons. The molecular weight excluding hydrogens is 312 g/mol. The van der Waals surface area contributed by atoms with E-state index in [1.165, 1.54) is 0 Å². The summed E-state index contributed by atoms with van der Waals surface area (Å²) in [4.78, 5) is 35.4. The Hall–Kier alpha value is -1.71. The summed E-state index contributed by atoms with van der Waals surface area (Å²) in [5.74, 6) is -1.10. The summed E-state index contributed by atoms with van der Waals surface area (Å²) >= 11 is 0. The maximum Gasteiger partial charge on any atom is 0.240 e. The van der Waals surface area contributed by atoms with Gasteiger partial charge in [0, 0.05) is 19.5 Å². The molecule has 0 aliphatic heterocycles. The number of hydrogen-bond donors (Lipinski definition) is 6. The Labute approximate surface area is 143 Å². The molecule has 0 rings (SSSR count). The Morgan fingerprint density at radius 3 is 2.12 bits per heavy atom. The van der Waals surface area contributed by atoms with Gasteiger partial charge in [0.25, 0.3) is 0 Å². The van der Waals surface area contributed by atoms with E-state index in [-0.39, 0.29) is 24.7 Å². The minimum atomic E-state index is -0.854. The molecule has 0 saturated carbocycles. The van der Waals surface area contributed by atoms with Crippen LogP contribution in [-0.4, -0.2) is 70.6 Å². The predicted octanol–water partition coefficient (Wildman–Crippen LogP) is -2.34. The number of carbonyl (C=O) groups is 3. The summed E-state index contributed by atoms with van der Waals surface area (Å²) in [6, 6.07) is -1.25. The van der Waals surface area contributed by atoms with Crippen LogP contribution < -0.4 is 32.3 Å². The van der Waals surface area contributed by atoms with Gasteiger partial charge in [-0.15, -0.1) is 0 Å². The fourth-order valence-corrected chi connectivity index (χ4v) is 2.14. The van der Waals surface area contributed by atoms with Crippen molar-refractivity contribution in [3.05, 3.63) is 0 Å². The fraction of sp³-hybridized carbons (Fsp3) is 0.800. The number of nitrogens with one attached hydrogen (secondary N) is 5. The van der Waals surface area contributed by atoms with Crippen LogP contribution in [0.3, 0.4) is 0 Å². The molecule has 0 aromatic rings. The van der Waals surface area contributed by atoms with E-state index in [4.69, 9.17) is 5.73 Å². The first-order valence-electron chi connectivity index (χ1n) is 8.29. The van der Waals surface area contributed by atoms with Gasteiger partial charge in [0.15, 0.2) is 0 Å². The van der Waals surface area contributed by atoms with Gasteiger partial charge in [-0.05, 0) is 47.0 Å². The van der Waals surface area contributed by atoms with Gasteiger partial charge in [0.2, 0.25) is 17.7 Å². The van der Waals surface area contributed by atoms with Crippen molar-refractivity contribution in [2.75, 3.05) is 40.8 Å². The number of primary amides is 1. The van der Waals surface area contributed by atoms with Crippen molar-refractivity contribution in [2.45, 2.75) is 37.8 Å². The lowest BCUT2D eigenvalue weighted by Crippen LogP contribution is -2.51. The highest BCUT2D eigenvalue weighted by Crippen LogP contribution is 2.01. The zero-order valence-corrected chi connectivity index (χ0v) is 14.9. The van der Waals surface area contributed by atoms with Gasteiger partial charge in [-0.2, -0.15) is 0 Å². The molecule has 9 nitrogen and oxygen atoms in total. The van der Waals surface area contributed by atoms with E-state index in [0.717, 1.165) is 13.0 Å². The average molecular weight is 344 g/mol. The van der Waals surface area contributed by atoms with Crippen molar-refractivity contribution in [1.82, 2.24) is 26.6 Å². The van der Waals surface area contributed by atoms with Crippen LogP contribution in [0.5, 0.6) is 0 Å². The van der Waals surface area contributed by atoms with Crippen molar-refractivity contribution >= 4 is 17.7 Å². The van der Waals surface area contributed by atoms with Gasteiger partial charge in [-0.1, -0.05) is 0 Å². The Kier molecular flexibility index (Phi) is 12.7. The maximum absolute atomic E-state index is 12.2. The van der Waals surface area contributed by atoms with Crippen molar-refractivity contribution in [1.29, 1.82) is 0 Å². The van der Waals surface area contributed by atoms with Gasteiger partial charge in [0.1, 0.15) is 6.04 Å². The molecule has 0 fully saturated rings. The molecule has 140 valence electrons. The third-order valence-corrected chi connectivity index (χ3v) is 3.60. The summed E-state index contributed by atoms with van der Waals surface area (Å²) in [5.41, 5.74) is 5.33. The third kappa shape index (κ3) is 10.1. The molecule has 0 bridgehead atoms. The number of nitrogens with two attached hydrogens (primary N) is 1. The SMILES string of the molecule is CNCCC[C@@H](NC)C(=O)N[C@@H](CCC(=O)NCCNC)C(N)=O. The Bertz CT molecular complexity index is 391. The van der Waals surface area contributed by atoms with Gasteiger partial charge < -0.3 is 32.3 Å². The molecule has 0 aromatic heterocycles. The third-order valence-electron chi connectivity index (χ3n) is 3.60. The van der Waals surface area contributed by atoms with E-state index in [2.05, 4.69) is 26.6 Å². The number of rotatable bonds is 14. The van der Waals surface area contributed by atoms with E-state index < -0.39 is 18.0 Å². The average Bonchev–Trinajstić information content (AvgIpc) is 2.55. The Balaban J connectivity index is 4.37. The molecule has 0 aliphatic rings. The van der Waals surface area contributed by atoms with Crippen LogP contribution in [-0.2, 0) is 14.4 Å². The zero-order chi connectivity index (χ0) is 18.4. The summed E-state index contributed by atoms with van der Waals surface area (Å²) in [6.07, 6.45) is 1.77. The van der Waals surface area contributed by atoms with E-state index in [1.54, 1.807) is 14.1 Å². The highest BCUT2D eigenvalue weighted by molar-refractivity contribution is 5.89. The van der Waals surface area contributed by atoms with E-state index in [1.807, 2.05) is 7.05 Å². The molecule has 0 aliphatic carbocycles. The van der Waals surface area contributed by atoms with Crippen LogP contribution in [0.4, 0.5) is 0 Å². The first-order chi connectivity index (χ1) is 11.5. The van der Waals surface area contributed by atoms with Gasteiger partial charge >= 0.3 is 0 Å². The predicted molar refractivity (Wildman–Crippen MR) is 93.3 cm³/mol. The second-order valence-corrected chi connectivity index (χ2v) is 5.54. The molecule has 0 unspecified atom stereocenters. The lowest BCUT2D eigenvalue weighted by Gasteiger charge is -2.20. The molecule has 3 amide bonds. The van der Waals surface area contributed by atoms with Crippen LogP contribution in [0.2, 0.25) is 0 Å². The van der Waals surface area contributed by atoms with Crippen LogP contribution >= 0.6 is 0 Å². The summed E-state index contributed by atoms with van der Waals surface area (Å²) in [7, 11) is 5.33. The normalized spacial score (nSPS) is 13.1. The topological polar surface area (TPSA) is 137 Å². The number of amides is 3. The molecule has 9 heteroatoms. The summed E-state index contributed by atoms with van der Waals surface area (Å²) < 4.78 is 0. The van der Waals surface area contributed by atoms with Crippen LogP contribution in [0, 0.1) is 0 Å². The van der Waals surface area contributed by atoms with Gasteiger partial charge in [0.05, 0.1) is 6.04 Å². The maximum atomic E-state index is 12.2. The van der Waals surface area contributed by atoms with Crippen LogP contribution in [0.1, 0.15) is 25.7 Å². The molecule has 0 spiro atoms. The first kappa shape index (κ1) is 22.3. The minimum Gasteiger partial charge on any atom is -0.368 e. The smallest absolute Gasteiger partial charge is 0.240 e. The molecule has 0 saturated heterocycles. The van der Waals surface area contributed by atoms with Gasteiger partial charge in [-0.3, -0.25) is 14.4 Å². The largest absolute Gasteiger partial charge is 0.368 e. The summed E-state index contributed by atoms with van der Waals surface area (Å²) in [6.45, 7) is 1.98. The van der Waals surface area contributed by atoms with Crippen LogP contribution in [0.15, 0.2) is 0 Å². The second-order valence-electron chi connectivity index (χ2n) is 5.54. The standard InChI is InChI=1S/C15H32N6O3/c1-17-8-4-5-12(19-3)15(24)21-11(14(16)23)6-7-13(22)20-10-9-18-2/h11-12,17-19H,4-10H2,1-3H3,(H2,16,23)(H,20,22)(H,21,24)/t11-,12+/m0/s1. The summed E-state index contributed by atoms with van der Waals surface area (Å²) in [5, 5.41) is 14.2. The Morgan fingerprint density at radius 1 is 0.917 bits per heavy atom. The molecule has 0 aromatic carbocycles. The highest BCUT2D eigenvalue weighted by atomic mass is 16.2. The number of hydrogen-bond acceptors (Lipinski definition) is 6. The highest BCUT2D eigenvalue weighted by Gasteiger charge is 2.23. The van der Waals surface area contributed by atoms with E-state index >= 15 is 0 Å². The quantitative estimate of drug-likeness (QED) is 0.195. The van der Waals surface area contributed by atoms with E-state index in [9.17, 15) is 14.4 Å². The molecule has 0 heterocycles. The molecule has 2 atom stereocenters. The van der Waals surface area contributed by atoms with Crippen LogP contribution in [0.25, 0.3) is 0 Å². The lowest BCUT2D eigenvalue weighted by molar-refractivity contribution is -0.129. The second kappa shape index (κ2) is 13.7. The molecule has 7 N–H and O–H groups in total. The molecule has 24 heavy (non-hydrogen) atoms. The van der Waals surface area contributed by atoms with Gasteiger partial charge in [-0.25, -0.2) is 0 Å². The number of carbonyl (C=O) groups excluding carboxylic acids is 3. The van der Waals surface area contributed by atoms with Crippen molar-refractivity contribution < 1.29 is 14.4 Å². The fourth-order valence-electron chi connectivity index (χ4n) is 2.14. The van der Waals surface area contributed by atoms with Crippen molar-refractivity contribution in [3.63, 3.8) is 0 Å². The monoisotopic (exact) mass is 344 g/mol. The minimum absolute atomic E-state index is 0.127. The molecular formula is C15H32N6O3. The van der Waals surface area contributed by atoms with E-state index in [0.29, 0.717) is 19.5 Å². The Morgan fingerprint density at radius 2 is 1.58 bits per heavy atom. The lowest BCUT2D eigenvalue weighted by atomic mass is 10.1. The van der Waals surface area contributed by atoms with Crippen molar-refractivity contribution in [2.24, 2.45) is 5.73 Å².